The molecule has 0 aliphatic carbocycles. The van der Waals surface area contributed by atoms with Crippen molar-refractivity contribution in [3.05, 3.63) is 134 Å². The SMILES string of the molecule is c1cc(-c2c3ccccc3c(-c3ccc4c(c3)sc3ccccc34)c3ccccc23)c2c(c1)oc1cc3ccoc3cc12. The molecule has 0 amide bonds. The monoisotopic (exact) mass is 566 g/mol. The van der Waals surface area contributed by atoms with E-state index in [9.17, 15) is 0 Å². The second kappa shape index (κ2) is 8.57. The Morgan fingerprint density at radius 3 is 1.93 bits per heavy atom. The van der Waals surface area contributed by atoms with E-state index >= 15 is 0 Å². The molecule has 0 atom stereocenters. The van der Waals surface area contributed by atoms with Crippen LogP contribution >= 0.6 is 11.3 Å². The van der Waals surface area contributed by atoms with Crippen molar-refractivity contribution in [3.8, 4) is 22.3 Å². The van der Waals surface area contributed by atoms with Crippen molar-refractivity contribution in [2.45, 2.75) is 0 Å². The van der Waals surface area contributed by atoms with Crippen molar-refractivity contribution < 1.29 is 8.83 Å². The fraction of sp³-hybridized carbons (Fsp3) is 0. The molecule has 43 heavy (non-hydrogen) atoms. The van der Waals surface area contributed by atoms with Gasteiger partial charge in [-0.05, 0) is 80.2 Å². The molecule has 3 aromatic heterocycles. The van der Waals surface area contributed by atoms with E-state index in [1.165, 1.54) is 64.0 Å². The van der Waals surface area contributed by atoms with Crippen LogP contribution in [0.5, 0.6) is 0 Å². The minimum atomic E-state index is 0.867. The number of hydrogen-bond donors (Lipinski definition) is 0. The Hall–Kier alpha value is -5.38. The summed E-state index contributed by atoms with van der Waals surface area (Å²) in [5.41, 5.74) is 7.53. The molecule has 200 valence electrons. The van der Waals surface area contributed by atoms with Gasteiger partial charge >= 0.3 is 0 Å². The molecular weight excluding hydrogens is 545 g/mol. The third-order valence-corrected chi connectivity index (χ3v) is 10.1. The van der Waals surface area contributed by atoms with Crippen LogP contribution < -0.4 is 0 Å². The third kappa shape index (κ3) is 3.23. The Morgan fingerprint density at radius 2 is 1.14 bits per heavy atom. The highest BCUT2D eigenvalue weighted by Crippen LogP contribution is 2.48. The topological polar surface area (TPSA) is 26.3 Å². The Kier molecular flexibility index (Phi) is 4.63. The lowest BCUT2D eigenvalue weighted by molar-refractivity contribution is 0.616. The zero-order valence-electron chi connectivity index (χ0n) is 22.9. The third-order valence-electron chi connectivity index (χ3n) is 8.94. The molecule has 3 heterocycles. The lowest BCUT2D eigenvalue weighted by Crippen LogP contribution is -1.91. The summed E-state index contributed by atoms with van der Waals surface area (Å²) in [5.74, 6) is 0. The van der Waals surface area contributed by atoms with E-state index in [2.05, 4.69) is 121 Å². The van der Waals surface area contributed by atoms with E-state index in [-0.39, 0.29) is 0 Å². The van der Waals surface area contributed by atoms with Gasteiger partial charge in [-0.2, -0.15) is 0 Å². The molecule has 10 rings (SSSR count). The van der Waals surface area contributed by atoms with Crippen molar-refractivity contribution in [3.63, 3.8) is 0 Å². The van der Waals surface area contributed by atoms with E-state index < -0.39 is 0 Å². The molecule has 2 nitrogen and oxygen atoms in total. The number of thiophene rings is 1. The lowest BCUT2D eigenvalue weighted by Gasteiger charge is -2.18. The number of hydrogen-bond acceptors (Lipinski definition) is 3. The van der Waals surface area contributed by atoms with E-state index in [1.807, 2.05) is 17.4 Å². The second-order valence-electron chi connectivity index (χ2n) is 11.2. The predicted octanol–water partition coefficient (Wildman–Crippen LogP) is 12.3. The van der Waals surface area contributed by atoms with E-state index in [4.69, 9.17) is 8.83 Å². The maximum Gasteiger partial charge on any atom is 0.136 e. The van der Waals surface area contributed by atoms with Crippen molar-refractivity contribution in [1.29, 1.82) is 0 Å². The largest absolute Gasteiger partial charge is 0.464 e. The smallest absolute Gasteiger partial charge is 0.136 e. The van der Waals surface area contributed by atoms with Crippen LogP contribution in [0.25, 0.3) is 96.9 Å². The van der Waals surface area contributed by atoms with E-state index in [0.717, 1.165) is 32.9 Å². The zero-order chi connectivity index (χ0) is 28.1. The molecule has 0 N–H and O–H groups in total. The summed E-state index contributed by atoms with van der Waals surface area (Å²) < 4.78 is 14.9. The molecular formula is C40H22O2S. The first-order valence-electron chi connectivity index (χ1n) is 14.5. The van der Waals surface area contributed by atoms with Gasteiger partial charge in [0.05, 0.1) is 6.26 Å². The van der Waals surface area contributed by atoms with E-state index in [0.29, 0.717) is 0 Å². The van der Waals surface area contributed by atoms with Crippen LogP contribution in [0.15, 0.2) is 142 Å². The highest BCUT2D eigenvalue weighted by atomic mass is 32.1. The molecule has 0 fully saturated rings. The van der Waals surface area contributed by atoms with Gasteiger partial charge in [-0.25, -0.2) is 0 Å². The van der Waals surface area contributed by atoms with Crippen molar-refractivity contribution in [2.75, 3.05) is 0 Å². The van der Waals surface area contributed by atoms with Crippen LogP contribution in [-0.2, 0) is 0 Å². The number of rotatable bonds is 2. The summed E-state index contributed by atoms with van der Waals surface area (Å²) in [7, 11) is 0. The minimum Gasteiger partial charge on any atom is -0.464 e. The van der Waals surface area contributed by atoms with Gasteiger partial charge in [0.1, 0.15) is 16.7 Å². The number of fused-ring (bicyclic) bond motifs is 9. The Labute approximate surface area is 250 Å². The van der Waals surface area contributed by atoms with Gasteiger partial charge in [0.2, 0.25) is 0 Å². The number of furan rings is 2. The van der Waals surface area contributed by atoms with Crippen LogP contribution in [0.2, 0.25) is 0 Å². The first-order chi connectivity index (χ1) is 21.3. The predicted molar refractivity (Wildman–Crippen MR) is 182 cm³/mol. The molecule has 0 spiro atoms. The molecule has 0 radical (unpaired) electrons. The van der Waals surface area contributed by atoms with Gasteiger partial charge in [-0.1, -0.05) is 91.0 Å². The fourth-order valence-electron chi connectivity index (χ4n) is 7.10. The standard InChI is InChI=1S/C40H22O2S/c1-3-11-29-27(9-1)38(24-16-17-26-25-8-5-6-15-36(25)43-37(26)21-24)28-10-2-4-12-30(28)39(29)31-13-7-14-33-40(31)32-22-34-23(18-19-41-34)20-35(32)42-33/h1-22H. The maximum absolute atomic E-state index is 6.43. The molecule has 10 aromatic rings. The Morgan fingerprint density at radius 1 is 0.442 bits per heavy atom. The van der Waals surface area contributed by atoms with Gasteiger partial charge in [0, 0.05) is 36.3 Å². The molecule has 7 aromatic carbocycles. The highest BCUT2D eigenvalue weighted by Gasteiger charge is 2.21. The first-order valence-corrected chi connectivity index (χ1v) is 15.3. The van der Waals surface area contributed by atoms with Gasteiger partial charge < -0.3 is 8.83 Å². The van der Waals surface area contributed by atoms with E-state index in [1.54, 1.807) is 6.26 Å². The molecule has 0 unspecified atom stereocenters. The Balaban J connectivity index is 1.33. The van der Waals surface area contributed by atoms with Crippen molar-refractivity contribution >= 4 is 86.0 Å². The molecule has 0 saturated carbocycles. The summed E-state index contributed by atoms with van der Waals surface area (Å²) >= 11 is 1.87. The normalized spacial score (nSPS) is 12.2. The molecule has 0 saturated heterocycles. The quantitative estimate of drug-likeness (QED) is 0.195. The molecule has 0 bridgehead atoms. The van der Waals surface area contributed by atoms with Gasteiger partial charge in [0.15, 0.2) is 0 Å². The molecule has 0 aliphatic heterocycles. The zero-order valence-corrected chi connectivity index (χ0v) is 23.7. The highest BCUT2D eigenvalue weighted by molar-refractivity contribution is 7.25. The van der Waals surface area contributed by atoms with Gasteiger partial charge in [-0.15, -0.1) is 11.3 Å². The summed E-state index contributed by atoms with van der Waals surface area (Å²) in [6.45, 7) is 0. The van der Waals surface area contributed by atoms with Crippen molar-refractivity contribution in [2.24, 2.45) is 0 Å². The van der Waals surface area contributed by atoms with Crippen LogP contribution in [0.1, 0.15) is 0 Å². The number of benzene rings is 7. The summed E-state index contributed by atoms with van der Waals surface area (Å²) in [6.07, 6.45) is 1.74. The van der Waals surface area contributed by atoms with Crippen LogP contribution in [0.3, 0.4) is 0 Å². The van der Waals surface area contributed by atoms with Crippen LogP contribution in [0, 0.1) is 0 Å². The van der Waals surface area contributed by atoms with Crippen LogP contribution in [-0.4, -0.2) is 0 Å². The first kappa shape index (κ1) is 23.2. The minimum absolute atomic E-state index is 0.867. The summed E-state index contributed by atoms with van der Waals surface area (Å²) in [6, 6.07) is 46.0. The molecule has 3 heteroatoms. The second-order valence-corrected chi connectivity index (χ2v) is 12.3. The fourth-order valence-corrected chi connectivity index (χ4v) is 8.25. The van der Waals surface area contributed by atoms with Gasteiger partial charge in [0.25, 0.3) is 0 Å². The average Bonchev–Trinajstić information content (AvgIpc) is 3.76. The molecule has 0 aliphatic rings. The van der Waals surface area contributed by atoms with Gasteiger partial charge in [-0.3, -0.25) is 0 Å². The Bertz CT molecular complexity index is 2680. The van der Waals surface area contributed by atoms with Crippen molar-refractivity contribution in [1.82, 2.24) is 0 Å². The van der Waals surface area contributed by atoms with Crippen LogP contribution in [0.4, 0.5) is 0 Å². The summed E-state index contributed by atoms with van der Waals surface area (Å²) in [4.78, 5) is 0. The average molecular weight is 567 g/mol. The maximum atomic E-state index is 6.43. The summed E-state index contributed by atoms with van der Waals surface area (Å²) in [5, 5.41) is 10.8. The lowest BCUT2D eigenvalue weighted by atomic mass is 9.85.